The molecule has 0 bridgehead atoms. The first kappa shape index (κ1) is 22.0. The number of benzene rings is 2. The average molecular weight is 451 g/mol. The number of ketones is 1. The Morgan fingerprint density at radius 1 is 0.970 bits per heavy atom. The molecule has 1 fully saturated rings. The number of nitrogens with zero attached hydrogens (tertiary/aromatic N) is 1. The van der Waals surface area contributed by atoms with Crippen LogP contribution in [0.5, 0.6) is 0 Å². The number of carbonyl (C=O) groups is 6. The number of imide groups is 2. The second-order valence-electron chi connectivity index (χ2n) is 7.74. The van der Waals surface area contributed by atoms with E-state index in [0.29, 0.717) is 11.1 Å². The third-order valence-corrected chi connectivity index (χ3v) is 5.49. The predicted molar refractivity (Wildman–Crippen MR) is 110 cm³/mol. The van der Waals surface area contributed by atoms with Gasteiger partial charge in [-0.3, -0.25) is 39.0 Å². The largest absolute Gasteiger partial charge is 0.345 e. The van der Waals surface area contributed by atoms with Gasteiger partial charge in [0.1, 0.15) is 11.9 Å². The number of piperidine rings is 1. The van der Waals surface area contributed by atoms with Crippen LogP contribution in [-0.4, -0.2) is 46.3 Å². The molecule has 2 aromatic rings. The summed E-state index contributed by atoms with van der Waals surface area (Å²) in [6.45, 7) is -0.0683. The number of hydrogen-bond donors (Lipinski definition) is 2. The van der Waals surface area contributed by atoms with Gasteiger partial charge >= 0.3 is 0 Å². The first-order chi connectivity index (χ1) is 15.7. The Morgan fingerprint density at radius 3 is 2.33 bits per heavy atom. The van der Waals surface area contributed by atoms with Crippen molar-refractivity contribution in [2.45, 2.75) is 31.8 Å². The zero-order chi connectivity index (χ0) is 23.7. The van der Waals surface area contributed by atoms with Crippen LogP contribution in [0.25, 0.3) is 0 Å². The summed E-state index contributed by atoms with van der Waals surface area (Å²) in [7, 11) is 0. The molecule has 1 saturated heterocycles. The minimum Gasteiger partial charge on any atom is -0.345 e. The van der Waals surface area contributed by atoms with Crippen molar-refractivity contribution in [1.82, 2.24) is 15.5 Å². The molecular weight excluding hydrogens is 433 g/mol. The SMILES string of the molecule is O=C1CCC(N2C(=O)c3ccc(CNC(=O)C(=O)Cc4ccc(F)cc4)cc3C2=O)C(=O)N1. The number of fused-ring (bicyclic) bond motifs is 1. The van der Waals surface area contributed by atoms with E-state index in [-0.39, 0.29) is 36.9 Å². The van der Waals surface area contributed by atoms with Crippen molar-refractivity contribution < 1.29 is 33.2 Å². The predicted octanol–water partition coefficient (Wildman–Crippen LogP) is 0.655. The number of hydrogen-bond acceptors (Lipinski definition) is 6. The van der Waals surface area contributed by atoms with Gasteiger partial charge in [-0.2, -0.15) is 0 Å². The maximum atomic E-state index is 13.0. The molecule has 2 aliphatic heterocycles. The van der Waals surface area contributed by atoms with Crippen LogP contribution in [0.4, 0.5) is 4.39 Å². The van der Waals surface area contributed by atoms with Gasteiger partial charge < -0.3 is 5.32 Å². The normalized spacial score (nSPS) is 17.6. The first-order valence-electron chi connectivity index (χ1n) is 10.1. The van der Waals surface area contributed by atoms with Crippen molar-refractivity contribution in [2.75, 3.05) is 0 Å². The summed E-state index contributed by atoms with van der Waals surface area (Å²) >= 11 is 0. The standard InChI is InChI=1S/C23H18FN3O6/c24-14-4-1-12(2-5-14)10-18(28)21(31)25-11-13-3-6-15-16(9-13)23(33)27(22(15)32)17-7-8-19(29)26-20(17)30/h1-6,9,17H,7-8,10-11H2,(H,25,31)(H,26,29,30). The average Bonchev–Trinajstić information content (AvgIpc) is 3.03. The molecule has 5 amide bonds. The molecule has 0 saturated carbocycles. The number of halogens is 1. The fourth-order valence-corrected chi connectivity index (χ4v) is 3.78. The number of nitrogens with one attached hydrogen (secondary N) is 2. The summed E-state index contributed by atoms with van der Waals surface area (Å²) in [6.07, 6.45) is -0.119. The lowest BCUT2D eigenvalue weighted by Gasteiger charge is -2.27. The quantitative estimate of drug-likeness (QED) is 0.490. The van der Waals surface area contributed by atoms with Gasteiger partial charge in [0.2, 0.25) is 17.6 Å². The molecule has 1 atom stereocenters. The molecule has 2 N–H and O–H groups in total. The monoisotopic (exact) mass is 451 g/mol. The lowest BCUT2D eigenvalue weighted by Crippen LogP contribution is -2.54. The molecule has 0 spiro atoms. The third kappa shape index (κ3) is 4.40. The van der Waals surface area contributed by atoms with Crippen molar-refractivity contribution in [3.8, 4) is 0 Å². The Morgan fingerprint density at radius 2 is 1.64 bits per heavy atom. The molecule has 1 unspecified atom stereocenters. The Hall–Kier alpha value is -4.21. The summed E-state index contributed by atoms with van der Waals surface area (Å²) < 4.78 is 13.0. The van der Waals surface area contributed by atoms with Crippen molar-refractivity contribution >= 4 is 35.3 Å². The van der Waals surface area contributed by atoms with Crippen LogP contribution in [0.15, 0.2) is 42.5 Å². The summed E-state index contributed by atoms with van der Waals surface area (Å²) in [6, 6.07) is 8.53. The van der Waals surface area contributed by atoms with E-state index in [1.807, 2.05) is 0 Å². The van der Waals surface area contributed by atoms with Gasteiger partial charge in [0.15, 0.2) is 0 Å². The van der Waals surface area contributed by atoms with E-state index in [0.717, 1.165) is 4.90 Å². The molecule has 33 heavy (non-hydrogen) atoms. The molecule has 4 rings (SSSR count). The molecule has 2 aliphatic rings. The van der Waals surface area contributed by atoms with Crippen molar-refractivity contribution in [3.05, 3.63) is 70.5 Å². The zero-order valence-electron chi connectivity index (χ0n) is 17.2. The Balaban J connectivity index is 1.41. The number of carbonyl (C=O) groups excluding carboxylic acids is 6. The number of amides is 5. The minimum atomic E-state index is -1.07. The summed E-state index contributed by atoms with van der Waals surface area (Å²) in [4.78, 5) is 74.1. The van der Waals surface area contributed by atoms with Gasteiger partial charge in [0, 0.05) is 19.4 Å². The van der Waals surface area contributed by atoms with E-state index in [2.05, 4.69) is 10.6 Å². The fraction of sp³-hybridized carbons (Fsp3) is 0.217. The third-order valence-electron chi connectivity index (χ3n) is 5.49. The Labute approximate surface area is 186 Å². The van der Waals surface area contributed by atoms with E-state index < -0.39 is 47.2 Å². The molecule has 0 radical (unpaired) electrons. The fourth-order valence-electron chi connectivity index (χ4n) is 3.78. The van der Waals surface area contributed by atoms with Crippen LogP contribution in [0.2, 0.25) is 0 Å². The molecule has 9 nitrogen and oxygen atoms in total. The zero-order valence-corrected chi connectivity index (χ0v) is 17.2. The van der Waals surface area contributed by atoms with E-state index in [9.17, 15) is 33.2 Å². The van der Waals surface area contributed by atoms with Crippen LogP contribution in [0.3, 0.4) is 0 Å². The summed E-state index contributed by atoms with van der Waals surface area (Å²) in [5.41, 5.74) is 1.16. The van der Waals surface area contributed by atoms with Gasteiger partial charge in [-0.05, 0) is 41.8 Å². The van der Waals surface area contributed by atoms with Crippen LogP contribution >= 0.6 is 0 Å². The molecule has 168 valence electrons. The highest BCUT2D eigenvalue weighted by Crippen LogP contribution is 2.28. The van der Waals surface area contributed by atoms with Crippen molar-refractivity contribution in [3.63, 3.8) is 0 Å². The van der Waals surface area contributed by atoms with Crippen LogP contribution < -0.4 is 10.6 Å². The molecule has 2 heterocycles. The molecule has 0 aliphatic carbocycles. The summed E-state index contributed by atoms with van der Waals surface area (Å²) in [5, 5.41) is 4.59. The Kier molecular flexibility index (Phi) is 5.82. The second kappa shape index (κ2) is 8.73. The first-order valence-corrected chi connectivity index (χ1v) is 10.1. The molecule has 0 aromatic heterocycles. The van der Waals surface area contributed by atoms with Gasteiger partial charge in [-0.1, -0.05) is 18.2 Å². The number of Topliss-reactive ketones (excluding diaryl/α,β-unsaturated/α-hetero) is 1. The second-order valence-corrected chi connectivity index (χ2v) is 7.74. The van der Waals surface area contributed by atoms with Gasteiger partial charge in [0.25, 0.3) is 17.7 Å². The van der Waals surface area contributed by atoms with Crippen LogP contribution in [0.1, 0.15) is 44.7 Å². The van der Waals surface area contributed by atoms with Gasteiger partial charge in [-0.15, -0.1) is 0 Å². The molecule has 10 heteroatoms. The van der Waals surface area contributed by atoms with Gasteiger partial charge in [-0.25, -0.2) is 4.39 Å². The smallest absolute Gasteiger partial charge is 0.287 e. The maximum Gasteiger partial charge on any atom is 0.287 e. The van der Waals surface area contributed by atoms with Crippen LogP contribution in [-0.2, 0) is 32.1 Å². The summed E-state index contributed by atoms with van der Waals surface area (Å²) in [5.74, 6) is -4.45. The molecular formula is C23H18FN3O6. The van der Waals surface area contributed by atoms with E-state index >= 15 is 0 Å². The maximum absolute atomic E-state index is 13.0. The highest BCUT2D eigenvalue weighted by Gasteiger charge is 2.44. The van der Waals surface area contributed by atoms with Gasteiger partial charge in [0.05, 0.1) is 11.1 Å². The highest BCUT2D eigenvalue weighted by atomic mass is 19.1. The van der Waals surface area contributed by atoms with Crippen molar-refractivity contribution in [2.24, 2.45) is 0 Å². The number of rotatable bonds is 6. The topological polar surface area (TPSA) is 130 Å². The van der Waals surface area contributed by atoms with E-state index in [1.165, 1.54) is 42.5 Å². The Bertz CT molecular complexity index is 1210. The van der Waals surface area contributed by atoms with E-state index in [1.54, 1.807) is 0 Å². The minimum absolute atomic E-state index is 0.0209. The van der Waals surface area contributed by atoms with E-state index in [4.69, 9.17) is 0 Å². The van der Waals surface area contributed by atoms with Crippen LogP contribution in [0, 0.1) is 5.82 Å². The highest BCUT2D eigenvalue weighted by molar-refractivity contribution is 6.36. The lowest BCUT2D eigenvalue weighted by molar-refractivity contribution is -0.137. The molecule has 2 aromatic carbocycles. The van der Waals surface area contributed by atoms with Crippen molar-refractivity contribution in [1.29, 1.82) is 0 Å². The lowest BCUT2D eigenvalue weighted by atomic mass is 10.0.